The third-order valence-electron chi connectivity index (χ3n) is 2.55. The number of nitro groups is 1. The second-order valence-corrected chi connectivity index (χ2v) is 5.27. The zero-order valence-electron chi connectivity index (χ0n) is 10.4. The predicted molar refractivity (Wildman–Crippen MR) is 80.8 cm³/mol. The quantitative estimate of drug-likeness (QED) is 0.651. The van der Waals surface area contributed by atoms with Crippen LogP contribution >= 0.6 is 27.5 Å². The van der Waals surface area contributed by atoms with Crippen molar-refractivity contribution in [3.63, 3.8) is 0 Å². The molecule has 0 bridgehead atoms. The minimum Gasteiger partial charge on any atom is -0.449 e. The number of carbonyl (C=O) groups excluding carboxylic acids is 1. The number of hydrogen-bond acceptors (Lipinski definition) is 4. The first-order chi connectivity index (χ1) is 9.88. The molecule has 2 aromatic carbocycles. The first-order valence-electron chi connectivity index (χ1n) is 5.59. The lowest BCUT2D eigenvalue weighted by molar-refractivity contribution is -0.385. The molecule has 0 aliphatic rings. The third-order valence-corrected chi connectivity index (χ3v) is 3.41. The minimum atomic E-state index is -0.752. The summed E-state index contributed by atoms with van der Waals surface area (Å²) in [5.41, 5.74) is 4.78. The summed E-state index contributed by atoms with van der Waals surface area (Å²) in [6.45, 7) is 0. The van der Waals surface area contributed by atoms with Crippen LogP contribution in [0.1, 0.15) is 10.4 Å². The fourth-order valence-corrected chi connectivity index (χ4v) is 2.34. The molecule has 0 saturated heterocycles. The lowest BCUT2D eigenvalue weighted by Crippen LogP contribution is -2.11. The van der Waals surface area contributed by atoms with Crippen molar-refractivity contribution in [2.75, 3.05) is 0 Å². The monoisotopic (exact) mass is 370 g/mol. The van der Waals surface area contributed by atoms with Gasteiger partial charge in [0.25, 0.3) is 0 Å². The Labute approximate surface area is 132 Å². The fraction of sp³-hybridized carbons (Fsp3) is 0. The van der Waals surface area contributed by atoms with Crippen LogP contribution in [-0.2, 0) is 0 Å². The molecule has 0 saturated carbocycles. The van der Waals surface area contributed by atoms with Crippen LogP contribution in [0.4, 0.5) is 5.69 Å². The van der Waals surface area contributed by atoms with Gasteiger partial charge in [-0.25, -0.2) is 0 Å². The molecule has 2 aromatic rings. The van der Waals surface area contributed by atoms with E-state index in [1.165, 1.54) is 12.1 Å². The molecule has 0 radical (unpaired) electrons. The highest BCUT2D eigenvalue weighted by molar-refractivity contribution is 9.10. The van der Waals surface area contributed by atoms with Crippen LogP contribution in [0.5, 0.6) is 11.5 Å². The van der Waals surface area contributed by atoms with E-state index in [0.29, 0.717) is 15.2 Å². The van der Waals surface area contributed by atoms with Gasteiger partial charge in [0, 0.05) is 16.7 Å². The Morgan fingerprint density at radius 1 is 1.24 bits per heavy atom. The molecule has 0 fully saturated rings. The molecule has 2 N–H and O–H groups in total. The normalized spacial score (nSPS) is 10.2. The number of rotatable bonds is 4. The number of ether oxygens (including phenoxy) is 1. The molecule has 8 heteroatoms. The largest absolute Gasteiger partial charge is 0.449 e. The molecule has 0 unspecified atom stereocenters. The molecular formula is C13H8BrClN2O4. The van der Waals surface area contributed by atoms with Crippen LogP contribution in [0.2, 0.25) is 5.02 Å². The van der Waals surface area contributed by atoms with Crippen molar-refractivity contribution in [3.8, 4) is 11.5 Å². The second kappa shape index (κ2) is 6.11. The van der Waals surface area contributed by atoms with Gasteiger partial charge in [-0.3, -0.25) is 14.9 Å². The number of benzene rings is 2. The molecule has 1 amide bonds. The molecule has 0 aliphatic carbocycles. The van der Waals surface area contributed by atoms with Crippen LogP contribution < -0.4 is 10.5 Å². The lowest BCUT2D eigenvalue weighted by atomic mass is 10.2. The Kier molecular flexibility index (Phi) is 4.44. The van der Waals surface area contributed by atoms with Gasteiger partial charge in [0.1, 0.15) is 5.75 Å². The first kappa shape index (κ1) is 15.3. The van der Waals surface area contributed by atoms with Crippen molar-refractivity contribution in [3.05, 3.63) is 61.6 Å². The van der Waals surface area contributed by atoms with Gasteiger partial charge in [-0.05, 0) is 46.3 Å². The van der Waals surface area contributed by atoms with Crippen molar-refractivity contribution in [2.24, 2.45) is 5.73 Å². The number of amides is 1. The van der Waals surface area contributed by atoms with Gasteiger partial charge >= 0.3 is 5.69 Å². The Morgan fingerprint density at radius 3 is 2.48 bits per heavy atom. The van der Waals surface area contributed by atoms with Gasteiger partial charge in [-0.1, -0.05) is 11.6 Å². The van der Waals surface area contributed by atoms with Gasteiger partial charge in [-0.2, -0.15) is 0 Å². The van der Waals surface area contributed by atoms with E-state index in [9.17, 15) is 14.9 Å². The molecule has 6 nitrogen and oxygen atoms in total. The second-order valence-electron chi connectivity index (χ2n) is 3.98. The average molecular weight is 372 g/mol. The maximum Gasteiger partial charge on any atom is 0.312 e. The van der Waals surface area contributed by atoms with Gasteiger partial charge in [0.05, 0.1) is 9.40 Å². The van der Waals surface area contributed by atoms with Crippen LogP contribution in [0.15, 0.2) is 40.9 Å². The van der Waals surface area contributed by atoms with Crippen molar-refractivity contribution < 1.29 is 14.5 Å². The summed E-state index contributed by atoms with van der Waals surface area (Å²) in [4.78, 5) is 21.5. The standard InChI is InChI=1S/C13H8BrClN2O4/c14-9-6-8(15)2-4-11(9)21-12-3-1-7(13(16)18)5-10(12)17(19)20/h1-6H,(H2,16,18). The predicted octanol–water partition coefficient (Wildman–Crippen LogP) is 3.90. The van der Waals surface area contributed by atoms with Crippen LogP contribution in [0.3, 0.4) is 0 Å². The Hall–Kier alpha value is -2.12. The number of halogens is 2. The van der Waals surface area contributed by atoms with E-state index >= 15 is 0 Å². The number of nitro benzene ring substituents is 1. The molecule has 0 heterocycles. The van der Waals surface area contributed by atoms with E-state index in [4.69, 9.17) is 22.1 Å². The Balaban J connectivity index is 2.44. The van der Waals surface area contributed by atoms with E-state index in [1.807, 2.05) is 0 Å². The highest BCUT2D eigenvalue weighted by Crippen LogP contribution is 2.36. The van der Waals surface area contributed by atoms with Gasteiger partial charge in [0.2, 0.25) is 11.7 Å². The number of carbonyl (C=O) groups is 1. The average Bonchev–Trinajstić information content (AvgIpc) is 2.41. The van der Waals surface area contributed by atoms with Crippen LogP contribution in [-0.4, -0.2) is 10.8 Å². The van der Waals surface area contributed by atoms with E-state index in [-0.39, 0.29) is 17.0 Å². The van der Waals surface area contributed by atoms with E-state index in [2.05, 4.69) is 15.9 Å². The minimum absolute atomic E-state index is 0.00646. The third kappa shape index (κ3) is 3.50. The molecule has 0 spiro atoms. The zero-order valence-corrected chi connectivity index (χ0v) is 12.7. The summed E-state index contributed by atoms with van der Waals surface area (Å²) >= 11 is 9.06. The van der Waals surface area contributed by atoms with Crippen molar-refractivity contribution >= 4 is 39.1 Å². The maximum atomic E-state index is 11.1. The van der Waals surface area contributed by atoms with Crippen molar-refractivity contribution in [1.82, 2.24) is 0 Å². The number of primary amides is 1. The Bertz CT molecular complexity index is 736. The van der Waals surface area contributed by atoms with Crippen molar-refractivity contribution in [2.45, 2.75) is 0 Å². The lowest BCUT2D eigenvalue weighted by Gasteiger charge is -2.09. The summed E-state index contributed by atoms with van der Waals surface area (Å²) in [5.74, 6) is -0.403. The number of nitrogens with zero attached hydrogens (tertiary/aromatic N) is 1. The molecule has 108 valence electrons. The maximum absolute atomic E-state index is 11.1. The van der Waals surface area contributed by atoms with E-state index in [1.54, 1.807) is 18.2 Å². The highest BCUT2D eigenvalue weighted by atomic mass is 79.9. The first-order valence-corrected chi connectivity index (χ1v) is 6.76. The Morgan fingerprint density at radius 2 is 1.90 bits per heavy atom. The van der Waals surface area contributed by atoms with Crippen LogP contribution in [0.25, 0.3) is 0 Å². The smallest absolute Gasteiger partial charge is 0.312 e. The highest BCUT2D eigenvalue weighted by Gasteiger charge is 2.19. The van der Waals surface area contributed by atoms with Gasteiger partial charge in [-0.15, -0.1) is 0 Å². The summed E-state index contributed by atoms with van der Waals surface area (Å²) in [6.07, 6.45) is 0. The molecule has 0 aromatic heterocycles. The van der Waals surface area contributed by atoms with Gasteiger partial charge < -0.3 is 10.5 Å². The molecular weight excluding hydrogens is 364 g/mol. The SMILES string of the molecule is NC(=O)c1ccc(Oc2ccc(Cl)cc2Br)c([N+](=O)[O-])c1. The molecule has 2 rings (SSSR count). The zero-order chi connectivity index (χ0) is 15.6. The summed E-state index contributed by atoms with van der Waals surface area (Å²) in [6, 6.07) is 8.50. The molecule has 21 heavy (non-hydrogen) atoms. The summed E-state index contributed by atoms with van der Waals surface area (Å²) < 4.78 is 6.04. The van der Waals surface area contributed by atoms with E-state index < -0.39 is 10.8 Å². The topological polar surface area (TPSA) is 95.5 Å². The molecule has 0 atom stereocenters. The molecule has 0 aliphatic heterocycles. The fourth-order valence-electron chi connectivity index (χ4n) is 1.58. The van der Waals surface area contributed by atoms with E-state index in [0.717, 1.165) is 6.07 Å². The summed E-state index contributed by atoms with van der Waals surface area (Å²) in [7, 11) is 0. The summed E-state index contributed by atoms with van der Waals surface area (Å²) in [5, 5.41) is 11.6. The van der Waals surface area contributed by atoms with Crippen molar-refractivity contribution in [1.29, 1.82) is 0 Å². The van der Waals surface area contributed by atoms with Gasteiger partial charge in [0.15, 0.2) is 0 Å². The van der Waals surface area contributed by atoms with Crippen LogP contribution in [0, 0.1) is 10.1 Å². The number of hydrogen-bond donors (Lipinski definition) is 1. The number of nitrogens with two attached hydrogens (primary N) is 1.